The Morgan fingerprint density at radius 3 is 2.57 bits per heavy atom. The average molecular weight is 557 g/mol. The van der Waals surface area contributed by atoms with Crippen LogP contribution >= 0.6 is 0 Å². The molecule has 0 bridgehead atoms. The number of benzene rings is 2. The molecule has 0 radical (unpaired) electrons. The van der Waals surface area contributed by atoms with Gasteiger partial charge in [0.15, 0.2) is 0 Å². The molecule has 216 valence electrons. The summed E-state index contributed by atoms with van der Waals surface area (Å²) in [4.78, 5) is 9.23. The molecule has 1 heterocycles. The van der Waals surface area contributed by atoms with E-state index in [1.165, 1.54) is 56.6 Å². The number of hydrogen-bond donors (Lipinski definition) is 1. The van der Waals surface area contributed by atoms with Crippen molar-refractivity contribution in [3.05, 3.63) is 119 Å². The van der Waals surface area contributed by atoms with Crippen LogP contribution in [0.15, 0.2) is 113 Å². The first kappa shape index (κ1) is 29.3. The molecule has 0 spiro atoms. The third kappa shape index (κ3) is 6.49. The van der Waals surface area contributed by atoms with Crippen molar-refractivity contribution in [3.63, 3.8) is 0 Å². The highest BCUT2D eigenvalue weighted by atomic mass is 15.1. The first-order valence-electron chi connectivity index (χ1n) is 15.4. The third-order valence-electron chi connectivity index (χ3n) is 8.70. The Morgan fingerprint density at radius 2 is 1.76 bits per heavy atom. The van der Waals surface area contributed by atoms with E-state index in [2.05, 4.69) is 110 Å². The zero-order chi connectivity index (χ0) is 29.5. The van der Waals surface area contributed by atoms with Crippen molar-refractivity contribution in [2.24, 2.45) is 22.6 Å². The molecule has 3 aromatic rings. The van der Waals surface area contributed by atoms with Gasteiger partial charge in [0.25, 0.3) is 0 Å². The molecule has 42 heavy (non-hydrogen) atoms. The summed E-state index contributed by atoms with van der Waals surface area (Å²) in [6.07, 6.45) is 24.7. The normalized spacial score (nSPS) is 16.8. The van der Waals surface area contributed by atoms with Crippen LogP contribution in [0, 0.1) is 11.8 Å². The van der Waals surface area contributed by atoms with Gasteiger partial charge in [0.2, 0.25) is 0 Å². The van der Waals surface area contributed by atoms with Crippen molar-refractivity contribution in [1.82, 2.24) is 9.55 Å². The average Bonchev–Trinajstić information content (AvgIpc) is 3.64. The number of imidazole rings is 1. The molecule has 2 aromatic carbocycles. The summed E-state index contributed by atoms with van der Waals surface area (Å²) in [5, 5.41) is 0. The second-order valence-corrected chi connectivity index (χ2v) is 11.8. The van der Waals surface area contributed by atoms with E-state index < -0.39 is 0 Å². The van der Waals surface area contributed by atoms with Gasteiger partial charge in [-0.25, -0.2) is 4.98 Å². The minimum Gasteiger partial charge on any atom is -0.405 e. The summed E-state index contributed by atoms with van der Waals surface area (Å²) < 4.78 is 2.25. The van der Waals surface area contributed by atoms with Gasteiger partial charge in [-0.15, -0.1) is 0 Å². The van der Waals surface area contributed by atoms with E-state index in [9.17, 15) is 0 Å². The van der Waals surface area contributed by atoms with E-state index in [0.29, 0.717) is 11.8 Å². The highest BCUT2D eigenvalue weighted by molar-refractivity contribution is 5.84. The molecule has 3 aliphatic rings. The van der Waals surface area contributed by atoms with Gasteiger partial charge in [0.1, 0.15) is 5.82 Å². The van der Waals surface area contributed by atoms with Gasteiger partial charge in [0, 0.05) is 35.6 Å². The van der Waals surface area contributed by atoms with E-state index in [-0.39, 0.29) is 0 Å². The van der Waals surface area contributed by atoms with E-state index in [1.54, 1.807) is 12.3 Å². The SMILES string of the molecule is CC(C)[C@H](C)CC1=C(N=C/C=C\N)CCC=C1.CC1=CCCC=C1n1ccnc1-c1cccc2c1Cc1ccccc1-2. The van der Waals surface area contributed by atoms with Crippen LogP contribution in [0.1, 0.15) is 70.9 Å². The maximum atomic E-state index is 5.30. The molecular weight excluding hydrogens is 512 g/mol. The van der Waals surface area contributed by atoms with Crippen molar-refractivity contribution in [1.29, 1.82) is 0 Å². The molecule has 4 heteroatoms. The van der Waals surface area contributed by atoms with Crippen LogP contribution < -0.4 is 5.73 Å². The first-order valence-corrected chi connectivity index (χ1v) is 15.4. The summed E-state index contributed by atoms with van der Waals surface area (Å²) in [5.41, 5.74) is 17.3. The van der Waals surface area contributed by atoms with Crippen LogP contribution in [0.2, 0.25) is 0 Å². The minimum absolute atomic E-state index is 0.697. The fourth-order valence-electron chi connectivity index (χ4n) is 5.94. The molecule has 0 saturated heterocycles. The number of aromatic nitrogens is 2. The van der Waals surface area contributed by atoms with Crippen LogP contribution in [-0.4, -0.2) is 15.8 Å². The molecule has 0 fully saturated rings. The molecule has 6 rings (SSSR count). The molecule has 1 atom stereocenters. The van der Waals surface area contributed by atoms with Crippen molar-refractivity contribution >= 4 is 11.9 Å². The third-order valence-corrected chi connectivity index (χ3v) is 8.70. The maximum Gasteiger partial charge on any atom is 0.144 e. The van der Waals surface area contributed by atoms with Crippen LogP contribution in [0.25, 0.3) is 28.2 Å². The second kappa shape index (κ2) is 13.7. The quantitative estimate of drug-likeness (QED) is 0.230. The lowest BCUT2D eigenvalue weighted by atomic mass is 9.88. The Kier molecular flexibility index (Phi) is 9.53. The van der Waals surface area contributed by atoms with E-state index >= 15 is 0 Å². The number of rotatable bonds is 7. The molecule has 4 nitrogen and oxygen atoms in total. The summed E-state index contributed by atoms with van der Waals surface area (Å²) in [5.74, 6) is 2.46. The maximum absolute atomic E-state index is 5.30. The molecule has 2 N–H and O–H groups in total. The molecule has 3 aliphatic carbocycles. The Balaban J connectivity index is 0.000000183. The van der Waals surface area contributed by atoms with Gasteiger partial charge in [-0.1, -0.05) is 87.5 Å². The summed E-state index contributed by atoms with van der Waals surface area (Å²) >= 11 is 0. The Hall–Kier alpha value is -4.18. The van der Waals surface area contributed by atoms with Crippen molar-refractivity contribution < 1.29 is 0 Å². The van der Waals surface area contributed by atoms with Crippen LogP contribution in [0.4, 0.5) is 0 Å². The lowest BCUT2D eigenvalue weighted by molar-refractivity contribution is 0.417. The minimum atomic E-state index is 0.697. The van der Waals surface area contributed by atoms with Crippen LogP contribution in [-0.2, 0) is 6.42 Å². The number of allylic oxidation sites excluding steroid dienone is 9. The summed E-state index contributed by atoms with van der Waals surface area (Å²) in [7, 11) is 0. The Labute approximate surface area is 251 Å². The zero-order valence-electron chi connectivity index (χ0n) is 25.6. The molecular formula is C38H44N4. The number of aliphatic imine (C=N–C) groups is 1. The summed E-state index contributed by atoms with van der Waals surface area (Å²) in [6, 6.07) is 15.3. The largest absolute Gasteiger partial charge is 0.405 e. The molecule has 0 amide bonds. The monoisotopic (exact) mass is 556 g/mol. The topological polar surface area (TPSA) is 56.2 Å². The standard InChI is InChI=1S/C23H20N2.C15H24N2/c1-16-7-2-5-12-22(16)25-14-13-24-23(25)20-11-6-10-19-18-9-4-3-8-17(18)15-21(19)20;1-12(2)13(3)11-14-7-4-5-8-15(14)17-10-6-9-16/h3-4,6-14H,2,5,15H2,1H3;4,6-7,9-10,12-13H,5,8,11,16H2,1-3H3/b;9-6-,17-10?/t;13-/m.1/s1. The molecule has 0 unspecified atom stereocenters. The molecule has 0 aliphatic heterocycles. The first-order chi connectivity index (χ1) is 20.5. The second-order valence-electron chi connectivity index (χ2n) is 11.8. The number of nitrogens with zero attached hydrogens (tertiary/aromatic N) is 3. The van der Waals surface area contributed by atoms with Gasteiger partial charge in [-0.05, 0) is 103 Å². The number of nitrogens with two attached hydrogens (primary N) is 1. The van der Waals surface area contributed by atoms with Gasteiger partial charge < -0.3 is 5.73 Å². The van der Waals surface area contributed by atoms with Crippen molar-refractivity contribution in [2.45, 2.75) is 66.2 Å². The molecule has 0 saturated carbocycles. The number of hydrogen-bond acceptors (Lipinski definition) is 3. The number of fused-ring (bicyclic) bond motifs is 3. The van der Waals surface area contributed by atoms with E-state index in [0.717, 1.165) is 44.3 Å². The fraction of sp³-hybridized carbons (Fsp3) is 0.316. The van der Waals surface area contributed by atoms with Gasteiger partial charge >= 0.3 is 0 Å². The predicted molar refractivity (Wildman–Crippen MR) is 179 cm³/mol. The fourth-order valence-corrected chi connectivity index (χ4v) is 5.94. The lowest BCUT2D eigenvalue weighted by Crippen LogP contribution is -2.06. The summed E-state index contributed by atoms with van der Waals surface area (Å²) in [6.45, 7) is 9.05. The zero-order valence-corrected chi connectivity index (χ0v) is 25.6. The van der Waals surface area contributed by atoms with E-state index in [4.69, 9.17) is 10.7 Å². The van der Waals surface area contributed by atoms with Crippen molar-refractivity contribution in [3.8, 4) is 22.5 Å². The van der Waals surface area contributed by atoms with Crippen LogP contribution in [0.5, 0.6) is 0 Å². The van der Waals surface area contributed by atoms with Gasteiger partial charge in [0.05, 0.1) is 0 Å². The van der Waals surface area contributed by atoms with Gasteiger partial charge in [-0.2, -0.15) is 0 Å². The van der Waals surface area contributed by atoms with E-state index in [1.807, 2.05) is 6.20 Å². The Bertz CT molecular complexity index is 1590. The van der Waals surface area contributed by atoms with Crippen molar-refractivity contribution in [2.75, 3.05) is 0 Å². The van der Waals surface area contributed by atoms with Crippen LogP contribution in [0.3, 0.4) is 0 Å². The predicted octanol–water partition coefficient (Wildman–Crippen LogP) is 9.52. The highest BCUT2D eigenvalue weighted by Crippen LogP contribution is 2.41. The van der Waals surface area contributed by atoms with Gasteiger partial charge in [-0.3, -0.25) is 9.56 Å². The Morgan fingerprint density at radius 1 is 0.976 bits per heavy atom. The molecule has 1 aromatic heterocycles. The lowest BCUT2D eigenvalue weighted by Gasteiger charge is -2.19. The highest BCUT2D eigenvalue weighted by Gasteiger charge is 2.23. The smallest absolute Gasteiger partial charge is 0.144 e.